The van der Waals surface area contributed by atoms with Gasteiger partial charge in [0.05, 0.1) is 11.9 Å². The number of anilines is 1. The van der Waals surface area contributed by atoms with Crippen molar-refractivity contribution in [3.63, 3.8) is 0 Å². The van der Waals surface area contributed by atoms with Gasteiger partial charge in [0.25, 0.3) is 5.91 Å². The van der Waals surface area contributed by atoms with Crippen LogP contribution in [0.25, 0.3) is 10.8 Å². The van der Waals surface area contributed by atoms with E-state index in [9.17, 15) is 4.79 Å². The summed E-state index contributed by atoms with van der Waals surface area (Å²) >= 11 is 0. The number of fused-ring (bicyclic) bond motifs is 1. The second-order valence-corrected chi connectivity index (χ2v) is 5.42. The molecule has 1 heterocycles. The van der Waals surface area contributed by atoms with Crippen LogP contribution < -0.4 is 10.7 Å². The van der Waals surface area contributed by atoms with Crippen molar-refractivity contribution >= 4 is 28.6 Å². The van der Waals surface area contributed by atoms with Crippen LogP contribution in [0.2, 0.25) is 0 Å². The molecule has 0 radical (unpaired) electrons. The molecule has 0 aliphatic rings. The lowest BCUT2D eigenvalue weighted by atomic mass is 10.1. The van der Waals surface area contributed by atoms with Gasteiger partial charge in [-0.25, -0.2) is 5.43 Å². The Hall–Kier alpha value is -3.21. The van der Waals surface area contributed by atoms with Crippen molar-refractivity contribution in [3.8, 4) is 0 Å². The van der Waals surface area contributed by atoms with Gasteiger partial charge in [-0.15, -0.1) is 0 Å². The number of pyridine rings is 1. The summed E-state index contributed by atoms with van der Waals surface area (Å²) in [5, 5.41) is 9.40. The number of rotatable bonds is 5. The van der Waals surface area contributed by atoms with Gasteiger partial charge >= 0.3 is 0 Å². The highest BCUT2D eigenvalue weighted by Gasteiger charge is 2.11. The van der Waals surface area contributed by atoms with Crippen molar-refractivity contribution in [2.45, 2.75) is 13.0 Å². The molecular weight excluding hydrogens is 300 g/mol. The van der Waals surface area contributed by atoms with Crippen LogP contribution >= 0.6 is 0 Å². The van der Waals surface area contributed by atoms with E-state index in [0.29, 0.717) is 5.69 Å². The minimum Gasteiger partial charge on any atom is -0.374 e. The quantitative estimate of drug-likeness (QED) is 0.561. The summed E-state index contributed by atoms with van der Waals surface area (Å²) in [4.78, 5) is 16.2. The number of carbonyl (C=O) groups excluding carboxylic acids is 1. The molecule has 120 valence electrons. The highest BCUT2D eigenvalue weighted by Crippen LogP contribution is 2.19. The maximum absolute atomic E-state index is 12.1. The number of hydrogen-bond donors (Lipinski definition) is 2. The fourth-order valence-corrected chi connectivity index (χ4v) is 2.31. The van der Waals surface area contributed by atoms with E-state index in [4.69, 9.17) is 0 Å². The molecule has 0 saturated carbocycles. The maximum atomic E-state index is 12.1. The van der Waals surface area contributed by atoms with Crippen LogP contribution in [0, 0.1) is 0 Å². The molecule has 2 N–H and O–H groups in total. The maximum Gasteiger partial charge on any atom is 0.262 e. The molecule has 5 nitrogen and oxygen atoms in total. The Kier molecular flexibility index (Phi) is 4.81. The molecule has 24 heavy (non-hydrogen) atoms. The first-order valence-electron chi connectivity index (χ1n) is 7.72. The lowest BCUT2D eigenvalue weighted by Gasteiger charge is -2.14. The molecule has 1 amide bonds. The summed E-state index contributed by atoms with van der Waals surface area (Å²) < 4.78 is 0. The predicted molar refractivity (Wildman–Crippen MR) is 97.0 cm³/mol. The summed E-state index contributed by atoms with van der Waals surface area (Å²) in [6, 6.07) is 19.2. The van der Waals surface area contributed by atoms with Crippen molar-refractivity contribution in [2.24, 2.45) is 5.10 Å². The first-order valence-corrected chi connectivity index (χ1v) is 7.72. The number of amides is 1. The minimum atomic E-state index is -0.410. The highest BCUT2D eigenvalue weighted by atomic mass is 16.2. The van der Waals surface area contributed by atoms with Crippen LogP contribution in [0.1, 0.15) is 12.6 Å². The van der Waals surface area contributed by atoms with Gasteiger partial charge in [-0.3, -0.25) is 9.78 Å². The topological polar surface area (TPSA) is 66.4 Å². The molecule has 2 aromatic carbocycles. The minimum absolute atomic E-state index is 0.213. The number of carbonyl (C=O) groups is 1. The summed E-state index contributed by atoms with van der Waals surface area (Å²) in [7, 11) is 0. The molecule has 0 aliphatic heterocycles. The fourth-order valence-electron chi connectivity index (χ4n) is 2.31. The average molecular weight is 318 g/mol. The van der Waals surface area contributed by atoms with Gasteiger partial charge in [0.15, 0.2) is 0 Å². The first-order chi connectivity index (χ1) is 11.7. The van der Waals surface area contributed by atoms with Crippen molar-refractivity contribution in [1.29, 1.82) is 0 Å². The van der Waals surface area contributed by atoms with Gasteiger partial charge in [0, 0.05) is 11.9 Å². The highest BCUT2D eigenvalue weighted by molar-refractivity contribution is 5.88. The molecule has 0 unspecified atom stereocenters. The van der Waals surface area contributed by atoms with E-state index in [0.717, 1.165) is 11.1 Å². The van der Waals surface area contributed by atoms with E-state index in [1.54, 1.807) is 13.1 Å². The SMILES string of the molecule is C[C@@H](Nc1ccc2ccccc2c1)C(=O)N/N=C\c1ccccn1. The number of nitrogens with one attached hydrogen (secondary N) is 2. The molecule has 1 aromatic heterocycles. The molecule has 5 heteroatoms. The van der Waals surface area contributed by atoms with Crippen molar-refractivity contribution in [2.75, 3.05) is 5.32 Å². The van der Waals surface area contributed by atoms with E-state index < -0.39 is 6.04 Å². The fraction of sp³-hybridized carbons (Fsp3) is 0.105. The second kappa shape index (κ2) is 7.37. The van der Waals surface area contributed by atoms with Crippen LogP contribution in [0.3, 0.4) is 0 Å². The third-order valence-electron chi connectivity index (χ3n) is 3.59. The second-order valence-electron chi connectivity index (χ2n) is 5.42. The first kappa shape index (κ1) is 15.7. The Bertz CT molecular complexity index is 861. The average Bonchev–Trinajstić information content (AvgIpc) is 2.62. The van der Waals surface area contributed by atoms with Crippen molar-refractivity contribution < 1.29 is 4.79 Å². The smallest absolute Gasteiger partial charge is 0.262 e. The monoisotopic (exact) mass is 318 g/mol. The number of hydrogen-bond acceptors (Lipinski definition) is 4. The van der Waals surface area contributed by atoms with Crippen molar-refractivity contribution in [3.05, 3.63) is 72.6 Å². The molecule has 0 saturated heterocycles. The third kappa shape index (κ3) is 3.95. The van der Waals surface area contributed by atoms with E-state index >= 15 is 0 Å². The molecule has 1 atom stereocenters. The van der Waals surface area contributed by atoms with Crippen LogP contribution in [-0.4, -0.2) is 23.1 Å². The normalized spacial score (nSPS) is 12.2. The molecule has 0 bridgehead atoms. The molecular formula is C19H18N4O. The lowest BCUT2D eigenvalue weighted by Crippen LogP contribution is -2.34. The predicted octanol–water partition coefficient (Wildman–Crippen LogP) is 3.19. The van der Waals surface area contributed by atoms with Crippen LogP contribution in [0.5, 0.6) is 0 Å². The summed E-state index contributed by atoms with van der Waals surface area (Å²) in [5.74, 6) is -0.213. The molecule has 0 aliphatic carbocycles. The van der Waals surface area contributed by atoms with Gasteiger partial charge in [0.2, 0.25) is 0 Å². The number of aromatic nitrogens is 1. The van der Waals surface area contributed by atoms with Crippen molar-refractivity contribution in [1.82, 2.24) is 10.4 Å². The summed E-state index contributed by atoms with van der Waals surface area (Å²) in [5.41, 5.74) is 4.10. The van der Waals surface area contributed by atoms with Gasteiger partial charge < -0.3 is 5.32 Å². The van der Waals surface area contributed by atoms with Gasteiger partial charge in [-0.2, -0.15) is 5.10 Å². The zero-order valence-corrected chi connectivity index (χ0v) is 13.3. The Morgan fingerprint density at radius 1 is 1.08 bits per heavy atom. The lowest BCUT2D eigenvalue weighted by molar-refractivity contribution is -0.121. The largest absolute Gasteiger partial charge is 0.374 e. The molecule has 0 spiro atoms. The Labute approximate surface area is 140 Å². The van der Waals surface area contributed by atoms with Crippen LogP contribution in [0.15, 0.2) is 72.0 Å². The standard InChI is InChI=1S/C19H18N4O/c1-14(19(24)23-21-13-18-8-4-5-11-20-18)22-17-10-9-15-6-2-3-7-16(15)12-17/h2-14,22H,1H3,(H,23,24)/b21-13-/t14-/m1/s1. The molecule has 3 rings (SSSR count). The van der Waals surface area contributed by atoms with Gasteiger partial charge in [0.1, 0.15) is 6.04 Å². The van der Waals surface area contributed by atoms with E-state index in [-0.39, 0.29) is 5.91 Å². The summed E-state index contributed by atoms with van der Waals surface area (Å²) in [6.07, 6.45) is 3.19. The Morgan fingerprint density at radius 3 is 2.67 bits per heavy atom. The Balaban J connectivity index is 1.59. The van der Waals surface area contributed by atoms with E-state index in [1.807, 2.05) is 54.6 Å². The number of nitrogens with zero attached hydrogens (tertiary/aromatic N) is 2. The van der Waals surface area contributed by atoms with Crippen LogP contribution in [0.4, 0.5) is 5.69 Å². The molecule has 3 aromatic rings. The van der Waals surface area contributed by atoms with Gasteiger partial charge in [-0.05, 0) is 42.0 Å². The number of benzene rings is 2. The van der Waals surface area contributed by atoms with E-state index in [2.05, 4.69) is 26.9 Å². The number of hydrazone groups is 1. The third-order valence-corrected chi connectivity index (χ3v) is 3.59. The Morgan fingerprint density at radius 2 is 1.88 bits per heavy atom. The summed E-state index contributed by atoms with van der Waals surface area (Å²) in [6.45, 7) is 1.79. The van der Waals surface area contributed by atoms with Crippen LogP contribution in [-0.2, 0) is 4.79 Å². The molecule has 0 fully saturated rings. The van der Waals surface area contributed by atoms with Gasteiger partial charge in [-0.1, -0.05) is 36.4 Å². The zero-order valence-electron chi connectivity index (χ0n) is 13.3. The zero-order chi connectivity index (χ0) is 16.8. The van der Waals surface area contributed by atoms with E-state index in [1.165, 1.54) is 11.6 Å².